The van der Waals surface area contributed by atoms with Crippen molar-refractivity contribution in [3.05, 3.63) is 0 Å². The van der Waals surface area contributed by atoms with Crippen molar-refractivity contribution in [1.29, 1.82) is 0 Å². The minimum Gasteiger partial charge on any atom is -0.351 e. The normalized spacial score (nSPS) is 30.5. The van der Waals surface area contributed by atoms with E-state index in [4.69, 9.17) is 5.73 Å². The van der Waals surface area contributed by atoms with Crippen LogP contribution in [0.4, 0.5) is 0 Å². The van der Waals surface area contributed by atoms with Crippen LogP contribution in [0.2, 0.25) is 0 Å². The lowest BCUT2D eigenvalue weighted by atomic mass is 9.77. The fourth-order valence-electron chi connectivity index (χ4n) is 4.02. The molecule has 0 bridgehead atoms. The zero-order valence-electron chi connectivity index (χ0n) is 12.6. The summed E-state index contributed by atoms with van der Waals surface area (Å²) in [6, 6.07) is 0.376. The second kappa shape index (κ2) is 6.25. The molecule has 2 saturated carbocycles. The van der Waals surface area contributed by atoms with E-state index in [-0.39, 0.29) is 17.5 Å². The Balaban J connectivity index is 1.99. The first-order chi connectivity index (χ1) is 9.03. The van der Waals surface area contributed by atoms with Gasteiger partial charge in [0.15, 0.2) is 0 Å². The summed E-state index contributed by atoms with van der Waals surface area (Å²) in [6.07, 6.45) is 10.1. The van der Waals surface area contributed by atoms with Crippen LogP contribution in [-0.4, -0.2) is 18.0 Å². The van der Waals surface area contributed by atoms with Crippen molar-refractivity contribution in [3.8, 4) is 0 Å². The Bertz CT molecular complexity index is 308. The molecule has 0 heterocycles. The number of amides is 1. The standard InChI is InChI=1S/C16H30N2O/c1-12(2)11-16(9-5-6-10-16)15(19)18-14-8-4-3-7-13(14)17/h12-14H,3-11,17H2,1-2H3,(H,18,19)/t13-,14-/m1/s1. The van der Waals surface area contributed by atoms with Crippen molar-refractivity contribution >= 4 is 5.91 Å². The van der Waals surface area contributed by atoms with Gasteiger partial charge in [-0.05, 0) is 38.0 Å². The van der Waals surface area contributed by atoms with Gasteiger partial charge in [0.05, 0.1) is 0 Å². The monoisotopic (exact) mass is 266 g/mol. The molecule has 0 aromatic rings. The second-order valence-corrected chi connectivity index (χ2v) is 7.11. The van der Waals surface area contributed by atoms with Crippen molar-refractivity contribution in [3.63, 3.8) is 0 Å². The molecule has 0 unspecified atom stereocenters. The largest absolute Gasteiger partial charge is 0.351 e. The predicted molar refractivity (Wildman–Crippen MR) is 78.7 cm³/mol. The van der Waals surface area contributed by atoms with Gasteiger partial charge in [-0.1, -0.05) is 39.5 Å². The van der Waals surface area contributed by atoms with E-state index in [2.05, 4.69) is 19.2 Å². The van der Waals surface area contributed by atoms with E-state index in [0.717, 1.165) is 32.1 Å². The molecule has 3 heteroatoms. The molecule has 0 aliphatic heterocycles. The molecule has 2 aliphatic rings. The van der Waals surface area contributed by atoms with Crippen LogP contribution in [0.1, 0.15) is 71.6 Å². The molecule has 3 nitrogen and oxygen atoms in total. The maximum atomic E-state index is 12.7. The fraction of sp³-hybridized carbons (Fsp3) is 0.938. The molecule has 2 rings (SSSR count). The van der Waals surface area contributed by atoms with Crippen LogP contribution in [0.25, 0.3) is 0 Å². The van der Waals surface area contributed by atoms with Gasteiger partial charge in [0.25, 0.3) is 0 Å². The van der Waals surface area contributed by atoms with Gasteiger partial charge in [0.1, 0.15) is 0 Å². The third kappa shape index (κ3) is 3.50. The summed E-state index contributed by atoms with van der Waals surface area (Å²) in [7, 11) is 0. The van der Waals surface area contributed by atoms with Gasteiger partial charge >= 0.3 is 0 Å². The van der Waals surface area contributed by atoms with Crippen LogP contribution < -0.4 is 11.1 Å². The first-order valence-electron chi connectivity index (χ1n) is 8.10. The lowest BCUT2D eigenvalue weighted by Crippen LogP contribution is -2.53. The minimum absolute atomic E-state index is 0.0919. The topological polar surface area (TPSA) is 55.1 Å². The lowest BCUT2D eigenvalue weighted by Gasteiger charge is -2.35. The molecular formula is C16H30N2O. The molecule has 3 N–H and O–H groups in total. The van der Waals surface area contributed by atoms with E-state index >= 15 is 0 Å². The zero-order valence-corrected chi connectivity index (χ0v) is 12.6. The number of hydrogen-bond donors (Lipinski definition) is 2. The molecule has 2 aliphatic carbocycles. The summed E-state index contributed by atoms with van der Waals surface area (Å²) in [5, 5.41) is 3.29. The predicted octanol–water partition coefficient (Wildman–Crippen LogP) is 2.98. The third-order valence-electron chi connectivity index (χ3n) is 4.98. The fourth-order valence-corrected chi connectivity index (χ4v) is 4.02. The summed E-state index contributed by atoms with van der Waals surface area (Å²) in [5.41, 5.74) is 6.06. The highest BCUT2D eigenvalue weighted by atomic mass is 16.2. The van der Waals surface area contributed by atoms with Gasteiger partial charge in [-0.25, -0.2) is 0 Å². The van der Waals surface area contributed by atoms with Gasteiger partial charge in [0, 0.05) is 17.5 Å². The third-order valence-corrected chi connectivity index (χ3v) is 4.98. The van der Waals surface area contributed by atoms with Crippen molar-refractivity contribution in [2.75, 3.05) is 0 Å². The molecule has 0 spiro atoms. The Kier molecular flexibility index (Phi) is 4.88. The average molecular weight is 266 g/mol. The first kappa shape index (κ1) is 14.8. The zero-order chi connectivity index (χ0) is 13.9. The number of carbonyl (C=O) groups excluding carboxylic acids is 1. The highest BCUT2D eigenvalue weighted by molar-refractivity contribution is 5.83. The smallest absolute Gasteiger partial charge is 0.226 e. The van der Waals surface area contributed by atoms with E-state index in [9.17, 15) is 4.79 Å². The van der Waals surface area contributed by atoms with Crippen LogP contribution in [0.5, 0.6) is 0 Å². The quantitative estimate of drug-likeness (QED) is 0.822. The Morgan fingerprint density at radius 2 is 1.84 bits per heavy atom. The number of hydrogen-bond acceptors (Lipinski definition) is 2. The van der Waals surface area contributed by atoms with E-state index < -0.39 is 0 Å². The molecule has 110 valence electrons. The molecule has 19 heavy (non-hydrogen) atoms. The lowest BCUT2D eigenvalue weighted by molar-refractivity contribution is -0.132. The molecule has 0 saturated heterocycles. The van der Waals surface area contributed by atoms with Crippen molar-refractivity contribution in [2.24, 2.45) is 17.1 Å². The van der Waals surface area contributed by atoms with Gasteiger partial charge in [-0.15, -0.1) is 0 Å². The number of carbonyl (C=O) groups is 1. The van der Waals surface area contributed by atoms with E-state index in [0.29, 0.717) is 11.8 Å². The van der Waals surface area contributed by atoms with Crippen LogP contribution in [0.15, 0.2) is 0 Å². The van der Waals surface area contributed by atoms with E-state index in [1.54, 1.807) is 0 Å². The second-order valence-electron chi connectivity index (χ2n) is 7.11. The van der Waals surface area contributed by atoms with E-state index in [1.807, 2.05) is 0 Å². The van der Waals surface area contributed by atoms with Gasteiger partial charge in [-0.3, -0.25) is 4.79 Å². The molecular weight excluding hydrogens is 236 g/mol. The van der Waals surface area contributed by atoms with E-state index in [1.165, 1.54) is 25.7 Å². The number of rotatable bonds is 4. The highest BCUT2D eigenvalue weighted by Gasteiger charge is 2.42. The molecule has 2 fully saturated rings. The molecule has 0 aromatic heterocycles. The Morgan fingerprint density at radius 3 is 2.42 bits per heavy atom. The Hall–Kier alpha value is -0.570. The Morgan fingerprint density at radius 1 is 1.21 bits per heavy atom. The SMILES string of the molecule is CC(C)CC1(C(=O)N[C@@H]2CCCC[C@H]2N)CCCC1. The highest BCUT2D eigenvalue weighted by Crippen LogP contribution is 2.43. The summed E-state index contributed by atoms with van der Waals surface area (Å²) in [4.78, 5) is 12.7. The van der Waals surface area contributed by atoms with Gasteiger partial charge in [0.2, 0.25) is 5.91 Å². The number of nitrogens with one attached hydrogen (secondary N) is 1. The average Bonchev–Trinajstić information content (AvgIpc) is 2.81. The maximum absolute atomic E-state index is 12.7. The van der Waals surface area contributed by atoms with Crippen molar-refractivity contribution < 1.29 is 4.79 Å². The Labute approximate surface area is 117 Å². The summed E-state index contributed by atoms with van der Waals surface area (Å²) >= 11 is 0. The molecule has 1 amide bonds. The molecule has 0 radical (unpaired) electrons. The summed E-state index contributed by atoms with van der Waals surface area (Å²) in [6.45, 7) is 4.44. The molecule has 2 atom stereocenters. The summed E-state index contributed by atoms with van der Waals surface area (Å²) in [5.74, 6) is 0.880. The minimum atomic E-state index is -0.0919. The van der Waals surface area contributed by atoms with Gasteiger partial charge in [-0.2, -0.15) is 0 Å². The van der Waals surface area contributed by atoms with Gasteiger partial charge < -0.3 is 11.1 Å². The van der Waals surface area contributed by atoms with Crippen LogP contribution >= 0.6 is 0 Å². The first-order valence-corrected chi connectivity index (χ1v) is 8.10. The van der Waals surface area contributed by atoms with Crippen molar-refractivity contribution in [2.45, 2.75) is 83.7 Å². The van der Waals surface area contributed by atoms with Crippen LogP contribution in [0, 0.1) is 11.3 Å². The van der Waals surface area contributed by atoms with Crippen LogP contribution in [0.3, 0.4) is 0 Å². The maximum Gasteiger partial charge on any atom is 0.226 e. The number of nitrogens with two attached hydrogens (primary N) is 1. The van der Waals surface area contributed by atoms with Crippen molar-refractivity contribution in [1.82, 2.24) is 5.32 Å². The molecule has 0 aromatic carbocycles. The summed E-state index contributed by atoms with van der Waals surface area (Å²) < 4.78 is 0. The van der Waals surface area contributed by atoms with Crippen LogP contribution in [-0.2, 0) is 4.79 Å².